The molecule has 3 heteroatoms. The molecule has 0 bridgehead atoms. The second-order valence-corrected chi connectivity index (χ2v) is 6.45. The molecule has 2 amide bonds. The van der Waals surface area contributed by atoms with E-state index < -0.39 is 0 Å². The van der Waals surface area contributed by atoms with Crippen LogP contribution in [0.1, 0.15) is 37.8 Å². The lowest BCUT2D eigenvalue weighted by molar-refractivity contribution is 0.152. The Labute approximate surface area is 121 Å². The summed E-state index contributed by atoms with van der Waals surface area (Å²) in [6.45, 7) is 12.4. The normalized spacial score (nSPS) is 15.7. The maximum Gasteiger partial charge on any atom is 0.317 e. The molecule has 1 heterocycles. The van der Waals surface area contributed by atoms with E-state index in [9.17, 15) is 4.79 Å². The molecular weight excluding hydrogens is 248 g/mol. The molecule has 0 unspecified atom stereocenters. The van der Waals surface area contributed by atoms with E-state index in [1.807, 2.05) is 4.90 Å². The van der Waals surface area contributed by atoms with E-state index in [0.717, 1.165) is 13.1 Å². The molecule has 0 aliphatic carbocycles. The van der Waals surface area contributed by atoms with Gasteiger partial charge in [0.15, 0.2) is 0 Å². The number of likely N-dealkylation sites (tertiary alicyclic amines) is 1. The fourth-order valence-corrected chi connectivity index (χ4v) is 2.38. The van der Waals surface area contributed by atoms with Crippen molar-refractivity contribution in [3.05, 3.63) is 48.0 Å². The van der Waals surface area contributed by atoms with Gasteiger partial charge in [0.25, 0.3) is 0 Å². The molecule has 1 aromatic carbocycles. The van der Waals surface area contributed by atoms with Gasteiger partial charge in [0.2, 0.25) is 0 Å². The van der Waals surface area contributed by atoms with Crippen LogP contribution >= 0.6 is 0 Å². The summed E-state index contributed by atoms with van der Waals surface area (Å²) in [4.78, 5) is 13.6. The second kappa shape index (κ2) is 5.70. The second-order valence-electron chi connectivity index (χ2n) is 6.45. The largest absolute Gasteiger partial charge is 0.335 e. The quantitative estimate of drug-likeness (QED) is 0.841. The summed E-state index contributed by atoms with van der Waals surface area (Å²) < 4.78 is 0. The van der Waals surface area contributed by atoms with Gasteiger partial charge in [-0.3, -0.25) is 0 Å². The fourth-order valence-electron chi connectivity index (χ4n) is 2.38. The van der Waals surface area contributed by atoms with Crippen molar-refractivity contribution in [1.29, 1.82) is 0 Å². The first kappa shape index (κ1) is 14.6. The molecule has 108 valence electrons. The average Bonchev–Trinajstić information content (AvgIpc) is 2.34. The molecule has 1 fully saturated rings. The van der Waals surface area contributed by atoms with Crippen LogP contribution in [0.25, 0.3) is 0 Å². The number of carbonyl (C=O) groups excluding carboxylic acids is 1. The van der Waals surface area contributed by atoms with Crippen LogP contribution in [-0.2, 0) is 5.41 Å². The van der Waals surface area contributed by atoms with E-state index in [0.29, 0.717) is 12.5 Å². The van der Waals surface area contributed by atoms with Crippen molar-refractivity contribution < 1.29 is 4.79 Å². The van der Waals surface area contributed by atoms with Gasteiger partial charge in [-0.2, -0.15) is 0 Å². The number of amides is 2. The van der Waals surface area contributed by atoms with E-state index in [1.54, 1.807) is 6.08 Å². The molecule has 20 heavy (non-hydrogen) atoms. The minimum atomic E-state index is 0.00691. The number of carbonyl (C=O) groups is 1. The highest BCUT2D eigenvalue weighted by Crippen LogP contribution is 2.29. The van der Waals surface area contributed by atoms with Crippen LogP contribution in [0.4, 0.5) is 4.79 Å². The first-order valence-corrected chi connectivity index (χ1v) is 7.16. The first-order valence-electron chi connectivity index (χ1n) is 7.16. The molecular formula is C17H24N2O. The maximum absolute atomic E-state index is 11.7. The standard InChI is InChI=1S/C17H24N2O/c1-5-10-18-16(20)19-11-14(12-19)13-6-8-15(9-7-13)17(2,3)4/h5-9,14H,1,10-12H2,2-4H3,(H,18,20). The number of benzene rings is 1. The highest BCUT2D eigenvalue weighted by atomic mass is 16.2. The molecule has 3 nitrogen and oxygen atoms in total. The molecule has 1 N–H and O–H groups in total. The summed E-state index contributed by atoms with van der Waals surface area (Å²) in [5.74, 6) is 0.471. The zero-order valence-electron chi connectivity index (χ0n) is 12.6. The SMILES string of the molecule is C=CCNC(=O)N1CC(c2ccc(C(C)(C)C)cc2)C1. The number of hydrogen-bond acceptors (Lipinski definition) is 1. The summed E-state index contributed by atoms with van der Waals surface area (Å²) in [5.41, 5.74) is 2.86. The predicted octanol–water partition coefficient (Wildman–Crippen LogP) is 3.28. The van der Waals surface area contributed by atoms with Crippen LogP contribution in [-0.4, -0.2) is 30.6 Å². The Bertz CT molecular complexity index is 479. The zero-order valence-corrected chi connectivity index (χ0v) is 12.6. The van der Waals surface area contributed by atoms with Crippen molar-refractivity contribution >= 4 is 6.03 Å². The monoisotopic (exact) mass is 272 g/mol. The third-order valence-electron chi connectivity index (χ3n) is 3.81. The molecule has 2 rings (SSSR count). The Hall–Kier alpha value is -1.77. The summed E-state index contributed by atoms with van der Waals surface area (Å²) in [6, 6.07) is 8.81. The highest BCUT2D eigenvalue weighted by Gasteiger charge is 2.31. The van der Waals surface area contributed by atoms with E-state index in [4.69, 9.17) is 0 Å². The maximum atomic E-state index is 11.7. The number of nitrogens with zero attached hydrogens (tertiary/aromatic N) is 1. The Kier molecular flexibility index (Phi) is 4.17. The van der Waals surface area contributed by atoms with Gasteiger partial charge in [0.05, 0.1) is 0 Å². The van der Waals surface area contributed by atoms with Crippen molar-refractivity contribution in [3.63, 3.8) is 0 Å². The molecule has 1 aromatic rings. The van der Waals surface area contributed by atoms with Crippen molar-refractivity contribution in [3.8, 4) is 0 Å². The molecule has 1 saturated heterocycles. The summed E-state index contributed by atoms with van der Waals surface area (Å²) in [5, 5.41) is 2.80. The van der Waals surface area contributed by atoms with Crippen LogP contribution in [0, 0.1) is 0 Å². The minimum absolute atomic E-state index is 0.00691. The minimum Gasteiger partial charge on any atom is -0.335 e. The fraction of sp³-hybridized carbons (Fsp3) is 0.471. The van der Waals surface area contributed by atoms with Crippen molar-refractivity contribution in [2.24, 2.45) is 0 Å². The highest BCUT2D eigenvalue weighted by molar-refractivity contribution is 5.75. The van der Waals surface area contributed by atoms with Crippen LogP contribution < -0.4 is 5.32 Å². The Morgan fingerprint density at radius 3 is 2.45 bits per heavy atom. The number of nitrogens with one attached hydrogen (secondary N) is 1. The molecule has 0 saturated carbocycles. The lowest BCUT2D eigenvalue weighted by atomic mass is 9.84. The van der Waals surface area contributed by atoms with Gasteiger partial charge >= 0.3 is 6.03 Å². The molecule has 0 atom stereocenters. The lowest BCUT2D eigenvalue weighted by Crippen LogP contribution is -2.52. The lowest BCUT2D eigenvalue weighted by Gasteiger charge is -2.39. The van der Waals surface area contributed by atoms with Crippen LogP contribution in [0.3, 0.4) is 0 Å². The van der Waals surface area contributed by atoms with Gasteiger partial charge in [0, 0.05) is 25.6 Å². The Morgan fingerprint density at radius 1 is 1.35 bits per heavy atom. The van der Waals surface area contributed by atoms with Crippen LogP contribution in [0.2, 0.25) is 0 Å². The van der Waals surface area contributed by atoms with Crippen LogP contribution in [0.5, 0.6) is 0 Å². The molecule has 0 aromatic heterocycles. The van der Waals surface area contributed by atoms with E-state index in [2.05, 4.69) is 56.9 Å². The van der Waals surface area contributed by atoms with E-state index in [-0.39, 0.29) is 11.4 Å². The van der Waals surface area contributed by atoms with Gasteiger partial charge in [0.1, 0.15) is 0 Å². The summed E-state index contributed by atoms with van der Waals surface area (Å²) in [6.07, 6.45) is 1.69. The van der Waals surface area contributed by atoms with Crippen LogP contribution in [0.15, 0.2) is 36.9 Å². The Balaban J connectivity index is 1.90. The zero-order chi connectivity index (χ0) is 14.8. The molecule has 0 radical (unpaired) electrons. The number of urea groups is 1. The predicted molar refractivity (Wildman–Crippen MR) is 83.1 cm³/mol. The summed E-state index contributed by atoms with van der Waals surface area (Å²) in [7, 11) is 0. The topological polar surface area (TPSA) is 32.3 Å². The van der Waals surface area contributed by atoms with Crippen molar-refractivity contribution in [1.82, 2.24) is 10.2 Å². The molecule has 1 aliphatic rings. The smallest absolute Gasteiger partial charge is 0.317 e. The third-order valence-corrected chi connectivity index (χ3v) is 3.81. The third kappa shape index (κ3) is 3.21. The van der Waals surface area contributed by atoms with Gasteiger partial charge in [-0.1, -0.05) is 51.1 Å². The van der Waals surface area contributed by atoms with E-state index >= 15 is 0 Å². The van der Waals surface area contributed by atoms with Gasteiger partial charge in [-0.15, -0.1) is 6.58 Å². The molecule has 1 aliphatic heterocycles. The Morgan fingerprint density at radius 2 is 1.95 bits per heavy atom. The van der Waals surface area contributed by atoms with Gasteiger partial charge in [-0.25, -0.2) is 4.79 Å². The molecule has 0 spiro atoms. The van der Waals surface area contributed by atoms with E-state index in [1.165, 1.54) is 11.1 Å². The van der Waals surface area contributed by atoms with Gasteiger partial charge in [-0.05, 0) is 16.5 Å². The van der Waals surface area contributed by atoms with Crippen molar-refractivity contribution in [2.75, 3.05) is 19.6 Å². The first-order chi connectivity index (χ1) is 9.41. The average molecular weight is 272 g/mol. The number of hydrogen-bond donors (Lipinski definition) is 1. The van der Waals surface area contributed by atoms with Crippen molar-refractivity contribution in [2.45, 2.75) is 32.1 Å². The number of rotatable bonds is 3. The summed E-state index contributed by atoms with van der Waals surface area (Å²) >= 11 is 0. The van der Waals surface area contributed by atoms with Gasteiger partial charge < -0.3 is 10.2 Å².